The van der Waals surface area contributed by atoms with Crippen molar-refractivity contribution in [1.82, 2.24) is 5.32 Å². The molecular formula is C15H29NO. The Morgan fingerprint density at radius 1 is 1.29 bits per heavy atom. The van der Waals surface area contributed by atoms with Gasteiger partial charge in [-0.1, -0.05) is 39.5 Å². The predicted octanol–water partition coefficient (Wildman–Crippen LogP) is 3.22. The fourth-order valence-electron chi connectivity index (χ4n) is 3.47. The predicted molar refractivity (Wildman–Crippen MR) is 72.2 cm³/mol. The van der Waals surface area contributed by atoms with E-state index < -0.39 is 0 Å². The molecule has 1 saturated heterocycles. The molecule has 1 unspecified atom stereocenters. The molecule has 1 heterocycles. The minimum Gasteiger partial charge on any atom is -0.381 e. The summed E-state index contributed by atoms with van der Waals surface area (Å²) in [4.78, 5) is 0. The normalized spacial score (nSPS) is 30.5. The Labute approximate surface area is 107 Å². The lowest BCUT2D eigenvalue weighted by atomic mass is 9.78. The van der Waals surface area contributed by atoms with Crippen molar-refractivity contribution >= 4 is 0 Å². The number of hydrogen-bond acceptors (Lipinski definition) is 2. The van der Waals surface area contributed by atoms with Crippen LogP contribution in [0.3, 0.4) is 0 Å². The molecule has 0 radical (unpaired) electrons. The van der Waals surface area contributed by atoms with Crippen LogP contribution in [0.15, 0.2) is 0 Å². The number of hydrogen-bond donors (Lipinski definition) is 1. The average Bonchev–Trinajstić information content (AvgIpc) is 2.90. The molecule has 0 spiro atoms. The third-order valence-corrected chi connectivity index (χ3v) is 4.43. The molecule has 1 aliphatic heterocycles. The van der Waals surface area contributed by atoms with Crippen molar-refractivity contribution in [2.24, 2.45) is 17.3 Å². The summed E-state index contributed by atoms with van der Waals surface area (Å²) in [5, 5.41) is 3.66. The molecule has 0 aromatic rings. The Balaban J connectivity index is 1.80. The molecule has 0 bridgehead atoms. The van der Waals surface area contributed by atoms with E-state index in [-0.39, 0.29) is 0 Å². The average molecular weight is 239 g/mol. The highest BCUT2D eigenvalue weighted by molar-refractivity contribution is 4.88. The van der Waals surface area contributed by atoms with E-state index >= 15 is 0 Å². The number of nitrogens with one attached hydrogen (secondary N) is 1. The van der Waals surface area contributed by atoms with Gasteiger partial charge in [-0.15, -0.1) is 0 Å². The van der Waals surface area contributed by atoms with Gasteiger partial charge in [-0.3, -0.25) is 0 Å². The zero-order chi connectivity index (χ0) is 12.1. The second-order valence-electron chi connectivity index (χ2n) is 6.68. The van der Waals surface area contributed by atoms with Crippen molar-refractivity contribution in [2.75, 3.05) is 26.3 Å². The van der Waals surface area contributed by atoms with E-state index in [9.17, 15) is 0 Å². The molecule has 1 atom stereocenters. The molecule has 2 aliphatic rings. The summed E-state index contributed by atoms with van der Waals surface area (Å²) in [6.45, 7) is 8.85. The van der Waals surface area contributed by atoms with Gasteiger partial charge in [0.25, 0.3) is 0 Å². The summed E-state index contributed by atoms with van der Waals surface area (Å²) in [6, 6.07) is 0. The fraction of sp³-hybridized carbons (Fsp3) is 1.00. The summed E-state index contributed by atoms with van der Waals surface area (Å²) in [6.07, 6.45) is 8.52. The van der Waals surface area contributed by atoms with Crippen molar-refractivity contribution in [2.45, 2.75) is 52.4 Å². The van der Waals surface area contributed by atoms with Crippen LogP contribution in [-0.4, -0.2) is 26.3 Å². The van der Waals surface area contributed by atoms with Crippen LogP contribution in [0.1, 0.15) is 52.4 Å². The molecule has 1 saturated carbocycles. The van der Waals surface area contributed by atoms with Gasteiger partial charge in [-0.2, -0.15) is 0 Å². The first-order valence-corrected chi connectivity index (χ1v) is 7.49. The van der Waals surface area contributed by atoms with Crippen molar-refractivity contribution in [1.29, 1.82) is 0 Å². The summed E-state index contributed by atoms with van der Waals surface area (Å²) < 4.78 is 5.69. The van der Waals surface area contributed by atoms with E-state index in [2.05, 4.69) is 19.2 Å². The molecule has 0 aromatic carbocycles. The lowest BCUT2D eigenvalue weighted by Gasteiger charge is -2.31. The first kappa shape index (κ1) is 13.4. The maximum absolute atomic E-state index is 5.69. The maximum atomic E-state index is 5.69. The molecule has 2 heteroatoms. The maximum Gasteiger partial charge on any atom is 0.0535 e. The van der Waals surface area contributed by atoms with Gasteiger partial charge >= 0.3 is 0 Å². The van der Waals surface area contributed by atoms with Gasteiger partial charge in [0.15, 0.2) is 0 Å². The Morgan fingerprint density at radius 2 is 2.06 bits per heavy atom. The molecule has 100 valence electrons. The van der Waals surface area contributed by atoms with Crippen molar-refractivity contribution in [3.63, 3.8) is 0 Å². The molecule has 2 nitrogen and oxygen atoms in total. The van der Waals surface area contributed by atoms with E-state index in [4.69, 9.17) is 4.74 Å². The van der Waals surface area contributed by atoms with Crippen LogP contribution in [-0.2, 0) is 4.74 Å². The second kappa shape index (κ2) is 6.19. The smallest absolute Gasteiger partial charge is 0.0535 e. The van der Waals surface area contributed by atoms with Crippen LogP contribution in [0.4, 0.5) is 0 Å². The van der Waals surface area contributed by atoms with E-state index in [0.717, 1.165) is 31.6 Å². The Hall–Kier alpha value is -0.0800. The molecule has 1 N–H and O–H groups in total. The van der Waals surface area contributed by atoms with E-state index in [1.807, 2.05) is 0 Å². The van der Waals surface area contributed by atoms with Gasteiger partial charge in [-0.05, 0) is 31.2 Å². The Morgan fingerprint density at radius 3 is 2.65 bits per heavy atom. The molecule has 17 heavy (non-hydrogen) atoms. The van der Waals surface area contributed by atoms with Crippen LogP contribution in [0.25, 0.3) is 0 Å². The lowest BCUT2D eigenvalue weighted by Crippen LogP contribution is -2.37. The first-order chi connectivity index (χ1) is 8.20. The lowest BCUT2D eigenvalue weighted by molar-refractivity contribution is 0.130. The third-order valence-electron chi connectivity index (χ3n) is 4.43. The minimum absolute atomic E-state index is 0.462. The highest BCUT2D eigenvalue weighted by Gasteiger charge is 2.37. The zero-order valence-corrected chi connectivity index (χ0v) is 11.6. The monoisotopic (exact) mass is 239 g/mol. The summed E-state index contributed by atoms with van der Waals surface area (Å²) in [5.41, 5.74) is 0.462. The van der Waals surface area contributed by atoms with E-state index in [1.54, 1.807) is 0 Å². The fourth-order valence-corrected chi connectivity index (χ4v) is 3.47. The van der Waals surface area contributed by atoms with Gasteiger partial charge in [0.1, 0.15) is 0 Å². The summed E-state index contributed by atoms with van der Waals surface area (Å²) in [7, 11) is 0. The van der Waals surface area contributed by atoms with Gasteiger partial charge in [0, 0.05) is 18.6 Å². The first-order valence-electron chi connectivity index (χ1n) is 7.49. The Bertz CT molecular complexity index is 215. The van der Waals surface area contributed by atoms with E-state index in [0.29, 0.717) is 5.41 Å². The highest BCUT2D eigenvalue weighted by Crippen LogP contribution is 2.40. The SMILES string of the molecule is CC(C)CNCC1(CC2CCCC2)CCOC1. The van der Waals surface area contributed by atoms with Gasteiger partial charge in [0.2, 0.25) is 0 Å². The molecule has 2 fully saturated rings. The van der Waals surface area contributed by atoms with Crippen LogP contribution in [0.5, 0.6) is 0 Å². The van der Waals surface area contributed by atoms with Crippen LogP contribution in [0, 0.1) is 17.3 Å². The number of ether oxygens (including phenoxy) is 1. The molecule has 1 aliphatic carbocycles. The third kappa shape index (κ3) is 3.96. The summed E-state index contributed by atoms with van der Waals surface area (Å²) >= 11 is 0. The Kier molecular flexibility index (Phi) is 4.87. The van der Waals surface area contributed by atoms with Crippen LogP contribution in [0.2, 0.25) is 0 Å². The standard InChI is InChI=1S/C15H29NO/c1-13(2)10-16-11-15(7-8-17-12-15)9-14-5-3-4-6-14/h13-14,16H,3-12H2,1-2H3. The molecule has 2 rings (SSSR count). The van der Waals surface area contributed by atoms with Gasteiger partial charge < -0.3 is 10.1 Å². The topological polar surface area (TPSA) is 21.3 Å². The number of rotatable bonds is 6. The van der Waals surface area contributed by atoms with Crippen LogP contribution >= 0.6 is 0 Å². The molecular weight excluding hydrogens is 210 g/mol. The van der Waals surface area contributed by atoms with Gasteiger partial charge in [0.05, 0.1) is 6.61 Å². The zero-order valence-electron chi connectivity index (χ0n) is 11.6. The minimum atomic E-state index is 0.462. The van der Waals surface area contributed by atoms with Crippen molar-refractivity contribution < 1.29 is 4.74 Å². The van der Waals surface area contributed by atoms with Gasteiger partial charge in [-0.25, -0.2) is 0 Å². The van der Waals surface area contributed by atoms with E-state index in [1.165, 1.54) is 45.1 Å². The van der Waals surface area contributed by atoms with Crippen LogP contribution < -0.4 is 5.32 Å². The quantitative estimate of drug-likeness (QED) is 0.768. The molecule has 0 amide bonds. The van der Waals surface area contributed by atoms with Crippen molar-refractivity contribution in [3.05, 3.63) is 0 Å². The second-order valence-corrected chi connectivity index (χ2v) is 6.68. The van der Waals surface area contributed by atoms with Crippen molar-refractivity contribution in [3.8, 4) is 0 Å². The highest BCUT2D eigenvalue weighted by atomic mass is 16.5. The summed E-state index contributed by atoms with van der Waals surface area (Å²) in [5.74, 6) is 1.73. The largest absolute Gasteiger partial charge is 0.381 e. The molecule has 0 aromatic heterocycles.